The van der Waals surface area contributed by atoms with Crippen molar-refractivity contribution < 1.29 is 0 Å². The highest BCUT2D eigenvalue weighted by Crippen LogP contribution is 2.56. The normalized spacial score (nSPS) is 12.3. The highest BCUT2D eigenvalue weighted by molar-refractivity contribution is 6.21. The molecular weight excluding hydrogens is 741 g/mol. The summed E-state index contributed by atoms with van der Waals surface area (Å²) in [5.41, 5.74) is 20.9. The second-order valence-corrected chi connectivity index (χ2v) is 19.4. The van der Waals surface area contributed by atoms with E-state index in [4.69, 9.17) is 15.0 Å². The first-order valence-electron chi connectivity index (χ1n) is 21.6. The monoisotopic (exact) mass is 796 g/mol. The standard InChI is InChI=1S/C57H56N4/c1-33-29-35(3)48(36(4)30-33)54-58-53(59-55(60-54)49-37(5)31-34(2)32-38(49)6)46-27-28-47(52-45-18-14-16-39-15-13-17-44(50(39)45)51(46)52)61(42-23-19-40(20-24-42)56(7,8)9)43-25-21-41(22-26-43)57(10,11)12/h13-32H,1-12H3. The third-order valence-electron chi connectivity index (χ3n) is 12.5. The molecule has 61 heavy (non-hydrogen) atoms. The molecule has 7 aromatic carbocycles. The van der Waals surface area contributed by atoms with Crippen LogP contribution in [0.15, 0.2) is 121 Å². The number of aryl methyl sites for hydroxylation is 6. The maximum atomic E-state index is 5.45. The molecule has 1 aliphatic rings. The van der Waals surface area contributed by atoms with Crippen LogP contribution in [0.3, 0.4) is 0 Å². The molecule has 4 heteroatoms. The quantitative estimate of drug-likeness (QED) is 0.168. The molecule has 4 nitrogen and oxygen atoms in total. The highest BCUT2D eigenvalue weighted by atomic mass is 15.1. The maximum Gasteiger partial charge on any atom is 0.164 e. The minimum atomic E-state index is 0.0332. The van der Waals surface area contributed by atoms with Crippen molar-refractivity contribution in [3.8, 4) is 56.4 Å². The Morgan fingerprint density at radius 3 is 1.23 bits per heavy atom. The van der Waals surface area contributed by atoms with Gasteiger partial charge in [-0.25, -0.2) is 15.0 Å². The minimum absolute atomic E-state index is 0.0332. The molecule has 0 radical (unpaired) electrons. The van der Waals surface area contributed by atoms with E-state index in [-0.39, 0.29) is 10.8 Å². The van der Waals surface area contributed by atoms with Crippen molar-refractivity contribution in [3.05, 3.63) is 166 Å². The third kappa shape index (κ3) is 7.02. The van der Waals surface area contributed by atoms with Crippen LogP contribution in [0.2, 0.25) is 0 Å². The average Bonchev–Trinajstić information content (AvgIpc) is 3.53. The zero-order valence-corrected chi connectivity index (χ0v) is 37.8. The first-order valence-corrected chi connectivity index (χ1v) is 21.6. The van der Waals surface area contributed by atoms with Crippen LogP contribution in [-0.4, -0.2) is 15.0 Å². The molecule has 0 amide bonds. The van der Waals surface area contributed by atoms with Gasteiger partial charge < -0.3 is 4.90 Å². The summed E-state index contributed by atoms with van der Waals surface area (Å²) < 4.78 is 0. The molecule has 304 valence electrons. The van der Waals surface area contributed by atoms with E-state index in [0.717, 1.165) is 61.6 Å². The van der Waals surface area contributed by atoms with Crippen LogP contribution >= 0.6 is 0 Å². The molecule has 0 saturated carbocycles. The lowest BCUT2D eigenvalue weighted by molar-refractivity contribution is 0.590. The molecule has 8 aromatic rings. The zero-order valence-electron chi connectivity index (χ0n) is 37.8. The van der Waals surface area contributed by atoms with Gasteiger partial charge in [-0.2, -0.15) is 0 Å². The largest absolute Gasteiger partial charge is 0.310 e. The fourth-order valence-electron chi connectivity index (χ4n) is 9.71. The Kier molecular flexibility index (Phi) is 9.62. The smallest absolute Gasteiger partial charge is 0.164 e. The summed E-state index contributed by atoms with van der Waals surface area (Å²) >= 11 is 0. The van der Waals surface area contributed by atoms with Crippen molar-refractivity contribution in [3.63, 3.8) is 0 Å². The van der Waals surface area contributed by atoms with Gasteiger partial charge >= 0.3 is 0 Å². The summed E-state index contributed by atoms with van der Waals surface area (Å²) in [6.07, 6.45) is 0. The van der Waals surface area contributed by atoms with Gasteiger partial charge in [-0.15, -0.1) is 0 Å². The summed E-state index contributed by atoms with van der Waals surface area (Å²) in [7, 11) is 0. The van der Waals surface area contributed by atoms with Crippen molar-refractivity contribution in [2.45, 2.75) is 93.9 Å². The molecule has 0 spiro atoms. The van der Waals surface area contributed by atoms with Gasteiger partial charge in [-0.05, 0) is 144 Å². The molecule has 0 atom stereocenters. The van der Waals surface area contributed by atoms with Gasteiger partial charge in [0.15, 0.2) is 17.5 Å². The van der Waals surface area contributed by atoms with E-state index in [1.807, 2.05) is 0 Å². The number of rotatable bonds is 6. The Balaban J connectivity index is 1.36. The lowest BCUT2D eigenvalue weighted by Gasteiger charge is -2.30. The van der Waals surface area contributed by atoms with Gasteiger partial charge in [0.05, 0.1) is 5.69 Å². The number of benzene rings is 7. The van der Waals surface area contributed by atoms with Gasteiger partial charge in [0.1, 0.15) is 0 Å². The van der Waals surface area contributed by atoms with Gasteiger partial charge in [0.25, 0.3) is 0 Å². The second-order valence-electron chi connectivity index (χ2n) is 19.4. The van der Waals surface area contributed by atoms with Gasteiger partial charge in [-0.3, -0.25) is 0 Å². The first kappa shape index (κ1) is 40.0. The van der Waals surface area contributed by atoms with Crippen molar-refractivity contribution >= 4 is 27.8 Å². The number of fused-ring (bicyclic) bond motifs is 3. The van der Waals surface area contributed by atoms with Crippen LogP contribution in [0.1, 0.15) is 86.1 Å². The fourth-order valence-corrected chi connectivity index (χ4v) is 9.71. The van der Waals surface area contributed by atoms with E-state index in [0.29, 0.717) is 17.5 Å². The van der Waals surface area contributed by atoms with Gasteiger partial charge in [0, 0.05) is 39.2 Å². The van der Waals surface area contributed by atoms with Crippen LogP contribution in [0.4, 0.5) is 17.1 Å². The van der Waals surface area contributed by atoms with Crippen molar-refractivity contribution in [2.75, 3.05) is 4.90 Å². The lowest BCUT2D eigenvalue weighted by atomic mass is 9.86. The molecule has 1 aliphatic carbocycles. The lowest BCUT2D eigenvalue weighted by Crippen LogP contribution is -2.15. The van der Waals surface area contributed by atoms with E-state index >= 15 is 0 Å². The third-order valence-corrected chi connectivity index (χ3v) is 12.5. The van der Waals surface area contributed by atoms with Crippen LogP contribution in [0.5, 0.6) is 0 Å². The van der Waals surface area contributed by atoms with E-state index in [1.165, 1.54) is 49.7 Å². The molecule has 0 fully saturated rings. The van der Waals surface area contributed by atoms with Crippen LogP contribution in [-0.2, 0) is 10.8 Å². The molecule has 9 rings (SSSR count). The van der Waals surface area contributed by atoms with Crippen LogP contribution < -0.4 is 4.90 Å². The zero-order chi connectivity index (χ0) is 43.1. The Morgan fingerprint density at radius 1 is 0.393 bits per heavy atom. The molecular formula is C57H56N4. The fraction of sp³-hybridized carbons (Fsp3) is 0.246. The molecule has 0 saturated heterocycles. The molecule has 0 bridgehead atoms. The number of aromatic nitrogens is 3. The van der Waals surface area contributed by atoms with Crippen molar-refractivity contribution in [2.24, 2.45) is 0 Å². The average molecular weight is 797 g/mol. The summed E-state index contributed by atoms with van der Waals surface area (Å²) in [6.45, 7) is 26.6. The first-order chi connectivity index (χ1) is 29.0. The molecule has 0 unspecified atom stereocenters. The SMILES string of the molecule is Cc1cc(C)c(-c2nc(-c3ccc(N(c4ccc(C(C)(C)C)cc4)c4ccc(C(C)(C)C)cc4)c4c3-c3cccc5cccc-4c35)nc(-c3c(C)cc(C)cc3C)n2)c(C)c1. The maximum absolute atomic E-state index is 5.45. The topological polar surface area (TPSA) is 41.9 Å². The molecule has 1 heterocycles. The number of nitrogens with zero attached hydrogens (tertiary/aromatic N) is 4. The minimum Gasteiger partial charge on any atom is -0.310 e. The Hall–Kier alpha value is -6.39. The van der Waals surface area contributed by atoms with Crippen molar-refractivity contribution in [1.82, 2.24) is 15.0 Å². The van der Waals surface area contributed by atoms with Gasteiger partial charge in [0.2, 0.25) is 0 Å². The van der Waals surface area contributed by atoms with Gasteiger partial charge in [-0.1, -0.05) is 138 Å². The summed E-state index contributed by atoms with van der Waals surface area (Å²) in [4.78, 5) is 18.7. The van der Waals surface area contributed by atoms with Crippen LogP contribution in [0.25, 0.3) is 67.2 Å². The predicted octanol–water partition coefficient (Wildman–Crippen LogP) is 15.6. The Morgan fingerprint density at radius 2 is 0.803 bits per heavy atom. The predicted molar refractivity (Wildman–Crippen MR) is 259 cm³/mol. The molecule has 0 aliphatic heterocycles. The van der Waals surface area contributed by atoms with E-state index in [1.54, 1.807) is 0 Å². The Bertz CT molecular complexity index is 2840. The number of hydrogen-bond donors (Lipinski definition) is 0. The summed E-state index contributed by atoms with van der Waals surface area (Å²) in [5, 5.41) is 2.47. The van der Waals surface area contributed by atoms with E-state index < -0.39 is 0 Å². The second kappa shape index (κ2) is 14.7. The summed E-state index contributed by atoms with van der Waals surface area (Å²) in [6, 6.07) is 45.1. The highest BCUT2D eigenvalue weighted by Gasteiger charge is 2.32. The van der Waals surface area contributed by atoms with E-state index in [2.05, 4.69) is 209 Å². The van der Waals surface area contributed by atoms with Crippen LogP contribution in [0, 0.1) is 41.5 Å². The molecule has 1 aromatic heterocycles. The number of hydrogen-bond acceptors (Lipinski definition) is 4. The summed E-state index contributed by atoms with van der Waals surface area (Å²) in [5.74, 6) is 2.06. The molecule has 0 N–H and O–H groups in total. The Labute approximate surface area is 362 Å². The van der Waals surface area contributed by atoms with Crippen molar-refractivity contribution in [1.29, 1.82) is 0 Å². The van der Waals surface area contributed by atoms with E-state index in [9.17, 15) is 0 Å². The number of anilines is 3.